The van der Waals surface area contributed by atoms with Gasteiger partial charge < -0.3 is 15.8 Å². The molecule has 25 heavy (non-hydrogen) atoms. The van der Waals surface area contributed by atoms with Crippen LogP contribution in [0.3, 0.4) is 0 Å². The predicted molar refractivity (Wildman–Crippen MR) is 95.0 cm³/mol. The zero-order chi connectivity index (χ0) is 17.2. The fourth-order valence-corrected chi connectivity index (χ4v) is 3.69. The molecular weight excluding hydrogens is 316 g/mol. The number of hydrogen-bond donors (Lipinski definition) is 2. The minimum atomic E-state index is -0.169. The summed E-state index contributed by atoms with van der Waals surface area (Å²) in [6.45, 7) is 2.39. The van der Waals surface area contributed by atoms with Crippen LogP contribution < -0.4 is 11.1 Å². The minimum absolute atomic E-state index is 0.0995. The molecule has 2 aliphatic heterocycles. The maximum atomic E-state index is 12.4. The molecule has 6 heteroatoms. The Labute approximate surface area is 147 Å². The number of carbonyl (C=O) groups is 1. The fourth-order valence-electron chi connectivity index (χ4n) is 3.69. The smallest absolute Gasteiger partial charge is 0.270 e. The molecule has 1 amide bonds. The van der Waals surface area contributed by atoms with E-state index in [1.54, 1.807) is 18.2 Å². The summed E-state index contributed by atoms with van der Waals surface area (Å²) in [6.07, 6.45) is 0.998. The number of ether oxygens (including phenoxy) is 1. The van der Waals surface area contributed by atoms with Crippen molar-refractivity contribution in [2.45, 2.75) is 24.6 Å². The van der Waals surface area contributed by atoms with Gasteiger partial charge in [-0.15, -0.1) is 0 Å². The molecule has 2 aliphatic rings. The number of anilines is 1. The zero-order valence-corrected chi connectivity index (χ0v) is 14.0. The van der Waals surface area contributed by atoms with Crippen molar-refractivity contribution in [3.8, 4) is 0 Å². The normalized spacial score (nSPS) is 26.2. The van der Waals surface area contributed by atoms with E-state index in [0.29, 0.717) is 24.2 Å². The molecule has 2 fully saturated rings. The fraction of sp³-hybridized carbons (Fsp3) is 0.368. The van der Waals surface area contributed by atoms with E-state index in [1.807, 2.05) is 18.2 Å². The van der Waals surface area contributed by atoms with E-state index in [4.69, 9.17) is 10.5 Å². The van der Waals surface area contributed by atoms with Gasteiger partial charge in [0.25, 0.3) is 5.91 Å². The lowest BCUT2D eigenvalue weighted by molar-refractivity contribution is -0.0502. The third-order valence-corrected chi connectivity index (χ3v) is 4.93. The Balaban J connectivity index is 1.37. The average Bonchev–Trinajstić information content (AvgIpc) is 3.03. The molecule has 0 saturated carbocycles. The maximum absolute atomic E-state index is 12.4. The van der Waals surface area contributed by atoms with E-state index < -0.39 is 0 Å². The highest BCUT2D eigenvalue weighted by molar-refractivity contribution is 5.92. The number of nitrogens with one attached hydrogen (secondary N) is 1. The van der Waals surface area contributed by atoms with Crippen LogP contribution in [0.4, 0.5) is 5.82 Å². The first-order valence-electron chi connectivity index (χ1n) is 8.63. The van der Waals surface area contributed by atoms with E-state index >= 15 is 0 Å². The topological polar surface area (TPSA) is 80.5 Å². The summed E-state index contributed by atoms with van der Waals surface area (Å²) in [7, 11) is 0. The van der Waals surface area contributed by atoms with Gasteiger partial charge in [-0.3, -0.25) is 9.69 Å². The number of nitrogens with zero attached hydrogens (tertiary/aromatic N) is 2. The highest BCUT2D eigenvalue weighted by atomic mass is 16.5. The third-order valence-electron chi connectivity index (χ3n) is 4.93. The Morgan fingerprint density at radius 3 is 2.80 bits per heavy atom. The molecule has 1 aromatic carbocycles. The summed E-state index contributed by atoms with van der Waals surface area (Å²) >= 11 is 0. The predicted octanol–water partition coefficient (Wildman–Crippen LogP) is 1.61. The van der Waals surface area contributed by atoms with E-state index in [-0.39, 0.29) is 18.1 Å². The van der Waals surface area contributed by atoms with Crippen molar-refractivity contribution >= 4 is 11.7 Å². The van der Waals surface area contributed by atoms with Crippen molar-refractivity contribution < 1.29 is 9.53 Å². The quantitative estimate of drug-likeness (QED) is 0.889. The number of hydrogen-bond acceptors (Lipinski definition) is 5. The largest absolute Gasteiger partial charge is 0.384 e. The van der Waals surface area contributed by atoms with Crippen LogP contribution in [0.1, 0.15) is 28.6 Å². The second-order valence-electron chi connectivity index (χ2n) is 6.69. The first-order valence-corrected chi connectivity index (χ1v) is 8.63. The van der Waals surface area contributed by atoms with Crippen molar-refractivity contribution in [2.75, 3.05) is 25.4 Å². The lowest BCUT2D eigenvalue weighted by Crippen LogP contribution is -2.43. The van der Waals surface area contributed by atoms with Gasteiger partial charge in [-0.2, -0.15) is 0 Å². The molecule has 6 nitrogen and oxygen atoms in total. The number of amides is 1. The molecule has 0 radical (unpaired) electrons. The van der Waals surface area contributed by atoms with Crippen LogP contribution in [0.5, 0.6) is 0 Å². The third kappa shape index (κ3) is 3.50. The molecule has 3 heterocycles. The number of aromatic nitrogens is 1. The number of fused-ring (bicyclic) bond motifs is 1. The van der Waals surface area contributed by atoms with Gasteiger partial charge in [-0.05, 0) is 24.1 Å². The van der Waals surface area contributed by atoms with Gasteiger partial charge in [0.05, 0.1) is 12.7 Å². The van der Waals surface area contributed by atoms with Gasteiger partial charge in [-0.1, -0.05) is 36.4 Å². The highest BCUT2D eigenvalue weighted by Gasteiger charge is 2.38. The van der Waals surface area contributed by atoms with E-state index in [2.05, 4.69) is 27.3 Å². The van der Waals surface area contributed by atoms with Crippen LogP contribution >= 0.6 is 0 Å². The SMILES string of the molecule is Nc1cccc(C(=O)N[C@H]2C[C@H]3CO[C@@H](c4ccccc4)CN3C2)n1. The van der Waals surface area contributed by atoms with Crippen LogP contribution in [0.25, 0.3) is 0 Å². The van der Waals surface area contributed by atoms with Crippen LogP contribution in [-0.2, 0) is 4.74 Å². The maximum Gasteiger partial charge on any atom is 0.270 e. The monoisotopic (exact) mass is 338 g/mol. The van der Waals surface area contributed by atoms with Gasteiger partial charge in [0, 0.05) is 25.2 Å². The number of nitrogens with two attached hydrogens (primary N) is 1. The van der Waals surface area contributed by atoms with E-state index in [9.17, 15) is 4.79 Å². The van der Waals surface area contributed by atoms with Crippen molar-refractivity contribution in [3.05, 3.63) is 59.8 Å². The van der Waals surface area contributed by atoms with E-state index in [1.165, 1.54) is 5.56 Å². The van der Waals surface area contributed by atoms with Gasteiger partial charge >= 0.3 is 0 Å². The van der Waals surface area contributed by atoms with Crippen molar-refractivity contribution in [1.82, 2.24) is 15.2 Å². The Bertz CT molecular complexity index is 752. The summed E-state index contributed by atoms with van der Waals surface area (Å²) < 4.78 is 6.05. The van der Waals surface area contributed by atoms with E-state index in [0.717, 1.165) is 19.5 Å². The number of benzene rings is 1. The molecule has 3 N–H and O–H groups in total. The minimum Gasteiger partial charge on any atom is -0.384 e. The van der Waals surface area contributed by atoms with Crippen LogP contribution in [0.15, 0.2) is 48.5 Å². The first-order chi connectivity index (χ1) is 12.2. The molecule has 3 atom stereocenters. The second kappa shape index (κ2) is 6.82. The lowest BCUT2D eigenvalue weighted by atomic mass is 10.1. The second-order valence-corrected chi connectivity index (χ2v) is 6.69. The molecule has 1 aromatic heterocycles. The molecule has 4 rings (SSSR count). The van der Waals surface area contributed by atoms with Crippen LogP contribution in [0.2, 0.25) is 0 Å². The molecule has 130 valence electrons. The number of pyridine rings is 1. The van der Waals surface area contributed by atoms with Crippen molar-refractivity contribution in [1.29, 1.82) is 0 Å². The van der Waals surface area contributed by atoms with Crippen molar-refractivity contribution in [2.24, 2.45) is 0 Å². The summed E-state index contributed by atoms with van der Waals surface area (Å²) in [6, 6.07) is 15.9. The molecule has 2 saturated heterocycles. The Morgan fingerprint density at radius 2 is 2.00 bits per heavy atom. The Hall–Kier alpha value is -2.44. The summed E-state index contributed by atoms with van der Waals surface area (Å²) in [5, 5.41) is 3.08. The molecule has 2 aromatic rings. The summed E-state index contributed by atoms with van der Waals surface area (Å²) in [5.41, 5.74) is 7.22. The van der Waals surface area contributed by atoms with Gasteiger partial charge in [-0.25, -0.2) is 4.98 Å². The Kier molecular flexibility index (Phi) is 4.38. The summed E-state index contributed by atoms with van der Waals surface area (Å²) in [4.78, 5) is 18.9. The molecular formula is C19H22N4O2. The number of nitrogen functional groups attached to an aromatic ring is 1. The van der Waals surface area contributed by atoms with Gasteiger partial charge in [0.15, 0.2) is 0 Å². The molecule has 0 unspecified atom stereocenters. The van der Waals surface area contributed by atoms with Gasteiger partial charge in [0.1, 0.15) is 11.5 Å². The van der Waals surface area contributed by atoms with Crippen molar-refractivity contribution in [3.63, 3.8) is 0 Å². The zero-order valence-electron chi connectivity index (χ0n) is 14.0. The number of morpholine rings is 1. The number of carbonyl (C=O) groups excluding carboxylic acids is 1. The average molecular weight is 338 g/mol. The Morgan fingerprint density at radius 1 is 1.16 bits per heavy atom. The van der Waals surface area contributed by atoms with Crippen LogP contribution in [0, 0.1) is 0 Å². The first kappa shape index (κ1) is 16.1. The highest BCUT2D eigenvalue weighted by Crippen LogP contribution is 2.30. The molecule has 0 spiro atoms. The van der Waals surface area contributed by atoms with Gasteiger partial charge in [0.2, 0.25) is 0 Å². The molecule has 0 aliphatic carbocycles. The molecule has 0 bridgehead atoms. The lowest BCUT2D eigenvalue weighted by Gasteiger charge is -2.35. The van der Waals surface area contributed by atoms with Crippen LogP contribution in [-0.4, -0.2) is 47.6 Å². The standard InChI is InChI=1S/C19H22N4O2/c20-18-8-4-7-16(22-18)19(24)21-14-9-15-12-25-17(11-23(15)10-14)13-5-2-1-3-6-13/h1-8,14-15,17H,9-12H2,(H2,20,22)(H,21,24)/t14-,15-,17+/m0/s1. The summed E-state index contributed by atoms with van der Waals surface area (Å²) in [5.74, 6) is 0.188. The number of rotatable bonds is 3.